The fourth-order valence-corrected chi connectivity index (χ4v) is 5.25. The van der Waals surface area contributed by atoms with Crippen molar-refractivity contribution in [2.45, 2.75) is 84.8 Å². The number of aromatic nitrogens is 3. The smallest absolute Gasteiger partial charge is 0.286 e. The van der Waals surface area contributed by atoms with E-state index in [2.05, 4.69) is 25.8 Å². The zero-order valence-electron chi connectivity index (χ0n) is 26.5. The summed E-state index contributed by atoms with van der Waals surface area (Å²) in [7, 11) is 0. The van der Waals surface area contributed by atoms with Crippen LogP contribution in [-0.4, -0.2) is 68.3 Å². The van der Waals surface area contributed by atoms with Crippen molar-refractivity contribution in [1.29, 1.82) is 0 Å². The Labute approximate surface area is 258 Å². The van der Waals surface area contributed by atoms with Crippen molar-refractivity contribution in [3.8, 4) is 0 Å². The van der Waals surface area contributed by atoms with Crippen molar-refractivity contribution in [3.05, 3.63) is 77.3 Å². The van der Waals surface area contributed by atoms with E-state index in [-0.39, 0.29) is 35.4 Å². The Balaban J connectivity index is 1.48. The van der Waals surface area contributed by atoms with Gasteiger partial charge in [0.15, 0.2) is 0 Å². The van der Waals surface area contributed by atoms with Crippen LogP contribution in [0.5, 0.6) is 0 Å². The lowest BCUT2D eigenvalue weighted by Gasteiger charge is -2.31. The SMILES string of the molecule is Cc1ccc(C(C)(C)c2nnc(C(=O)[C@H](NC(=O)[C@@H]3CCCN3C(=O)[C@@H](NC(=O)c3ccccc3)C(C)C)C(C)C)o2)nc1. The Morgan fingerprint density at radius 1 is 0.932 bits per heavy atom. The summed E-state index contributed by atoms with van der Waals surface area (Å²) in [5, 5.41) is 13.9. The summed E-state index contributed by atoms with van der Waals surface area (Å²) >= 11 is 0. The van der Waals surface area contributed by atoms with Crippen molar-refractivity contribution in [2.75, 3.05) is 6.54 Å². The number of nitrogens with one attached hydrogen (secondary N) is 2. The highest BCUT2D eigenvalue weighted by atomic mass is 16.4. The number of Topliss-reactive ketones (excluding diaryl/α,β-unsaturated/α-hetero) is 1. The fourth-order valence-electron chi connectivity index (χ4n) is 5.25. The first-order chi connectivity index (χ1) is 20.8. The number of pyridine rings is 1. The molecule has 0 aliphatic carbocycles. The summed E-state index contributed by atoms with van der Waals surface area (Å²) in [6.07, 6.45) is 2.81. The number of likely N-dealkylation sites (tertiary alicyclic amines) is 1. The van der Waals surface area contributed by atoms with Crippen LogP contribution in [0.4, 0.5) is 0 Å². The number of carbonyl (C=O) groups excluding carboxylic acids is 4. The summed E-state index contributed by atoms with van der Waals surface area (Å²) in [6.45, 7) is 13.4. The Morgan fingerprint density at radius 2 is 1.61 bits per heavy atom. The number of carbonyl (C=O) groups is 4. The van der Waals surface area contributed by atoms with Crippen LogP contribution in [0, 0.1) is 18.8 Å². The normalized spacial score (nSPS) is 16.6. The monoisotopic (exact) mass is 602 g/mol. The minimum Gasteiger partial charge on any atom is -0.417 e. The van der Waals surface area contributed by atoms with Crippen molar-refractivity contribution in [3.63, 3.8) is 0 Å². The highest BCUT2D eigenvalue weighted by Gasteiger charge is 2.41. The maximum Gasteiger partial charge on any atom is 0.286 e. The number of rotatable bonds is 11. The number of hydrogen-bond acceptors (Lipinski definition) is 8. The Kier molecular flexibility index (Phi) is 9.96. The molecule has 1 aromatic carbocycles. The Morgan fingerprint density at radius 3 is 2.23 bits per heavy atom. The number of nitrogens with zero attached hydrogens (tertiary/aromatic N) is 4. The second-order valence-electron chi connectivity index (χ2n) is 12.6. The minimum absolute atomic E-state index is 0.206. The molecule has 3 aromatic rings. The summed E-state index contributed by atoms with van der Waals surface area (Å²) in [5.41, 5.74) is 1.43. The molecule has 0 bridgehead atoms. The van der Waals surface area contributed by atoms with Crippen molar-refractivity contribution >= 4 is 23.5 Å². The highest BCUT2D eigenvalue weighted by molar-refractivity contribution is 6.01. The van der Waals surface area contributed by atoms with Gasteiger partial charge in [0, 0.05) is 18.3 Å². The van der Waals surface area contributed by atoms with Gasteiger partial charge in [-0.3, -0.25) is 24.2 Å². The van der Waals surface area contributed by atoms with Gasteiger partial charge in [-0.05, 0) is 69.2 Å². The molecule has 1 aliphatic rings. The first kappa shape index (κ1) is 32.5. The number of aryl methyl sites for hydroxylation is 1. The van der Waals surface area contributed by atoms with Crippen LogP contribution in [0.15, 0.2) is 53.1 Å². The van der Waals surface area contributed by atoms with E-state index in [1.807, 2.05) is 66.7 Å². The molecule has 0 saturated carbocycles. The van der Waals surface area contributed by atoms with E-state index in [1.165, 1.54) is 4.90 Å². The van der Waals surface area contributed by atoms with Crippen LogP contribution >= 0.6 is 0 Å². The molecule has 1 saturated heterocycles. The van der Waals surface area contributed by atoms with E-state index in [0.29, 0.717) is 30.6 Å². The zero-order chi connectivity index (χ0) is 32.2. The van der Waals surface area contributed by atoms with E-state index in [0.717, 1.165) is 5.56 Å². The van der Waals surface area contributed by atoms with Crippen molar-refractivity contribution in [1.82, 2.24) is 30.7 Å². The highest BCUT2D eigenvalue weighted by Crippen LogP contribution is 2.29. The second kappa shape index (κ2) is 13.5. The molecule has 1 fully saturated rings. The molecule has 1 aliphatic heterocycles. The third kappa shape index (κ3) is 7.03. The maximum absolute atomic E-state index is 13.7. The standard InChI is InChI=1S/C33H42N6O5/c1-19(2)25(27(40)30-37-38-32(44-30)33(6,7)24-16-15-21(5)18-34-24)35-29(42)23-14-11-17-39(23)31(43)26(20(3)4)36-28(41)22-12-9-8-10-13-22/h8-10,12-13,15-16,18-20,23,25-26H,11,14,17H2,1-7H3,(H,35,42)(H,36,41)/t23-,25+,26-/m0/s1. The Hall–Kier alpha value is -4.41. The van der Waals surface area contributed by atoms with Gasteiger partial charge in [-0.15, -0.1) is 10.2 Å². The molecule has 3 amide bonds. The summed E-state index contributed by atoms with van der Waals surface area (Å²) in [6, 6.07) is 9.95. The van der Waals surface area contributed by atoms with Gasteiger partial charge in [0.2, 0.25) is 23.5 Å². The van der Waals surface area contributed by atoms with Crippen molar-refractivity contribution < 1.29 is 23.6 Å². The molecular formula is C33H42N6O5. The molecule has 2 aromatic heterocycles. The van der Waals surface area contributed by atoms with Gasteiger partial charge in [-0.1, -0.05) is 52.0 Å². The van der Waals surface area contributed by atoms with E-state index in [9.17, 15) is 19.2 Å². The number of ketones is 1. The molecule has 0 unspecified atom stereocenters. The van der Waals surface area contributed by atoms with Gasteiger partial charge in [-0.2, -0.15) is 0 Å². The lowest BCUT2D eigenvalue weighted by Crippen LogP contribution is -2.57. The maximum atomic E-state index is 13.7. The second-order valence-corrected chi connectivity index (χ2v) is 12.6. The van der Waals surface area contributed by atoms with Crippen LogP contribution in [-0.2, 0) is 15.0 Å². The van der Waals surface area contributed by atoms with Crippen LogP contribution < -0.4 is 10.6 Å². The molecule has 0 radical (unpaired) electrons. The lowest BCUT2D eigenvalue weighted by atomic mass is 9.88. The van der Waals surface area contributed by atoms with E-state index in [4.69, 9.17) is 4.42 Å². The summed E-state index contributed by atoms with van der Waals surface area (Å²) < 4.78 is 5.86. The van der Waals surface area contributed by atoms with E-state index >= 15 is 0 Å². The molecule has 4 rings (SSSR count). The summed E-state index contributed by atoms with van der Waals surface area (Å²) in [5.74, 6) is -2.12. The first-order valence-electron chi connectivity index (χ1n) is 15.1. The molecule has 11 nitrogen and oxygen atoms in total. The third-order valence-corrected chi connectivity index (χ3v) is 8.06. The zero-order valence-corrected chi connectivity index (χ0v) is 26.5. The molecule has 0 spiro atoms. The fraction of sp³-hybridized carbons (Fsp3) is 0.485. The third-order valence-electron chi connectivity index (χ3n) is 8.06. The molecule has 3 heterocycles. The number of benzene rings is 1. The largest absolute Gasteiger partial charge is 0.417 e. The molecule has 234 valence electrons. The minimum atomic E-state index is -0.951. The van der Waals surface area contributed by atoms with Crippen LogP contribution in [0.1, 0.15) is 92.6 Å². The summed E-state index contributed by atoms with van der Waals surface area (Å²) in [4.78, 5) is 59.7. The average Bonchev–Trinajstić information content (AvgIpc) is 3.69. The topological polar surface area (TPSA) is 147 Å². The van der Waals surface area contributed by atoms with Crippen LogP contribution in [0.3, 0.4) is 0 Å². The molecular weight excluding hydrogens is 560 g/mol. The quantitative estimate of drug-likeness (QED) is 0.315. The van der Waals surface area contributed by atoms with Gasteiger partial charge >= 0.3 is 0 Å². The average molecular weight is 603 g/mol. The predicted molar refractivity (Wildman–Crippen MR) is 164 cm³/mol. The lowest BCUT2D eigenvalue weighted by molar-refractivity contribution is -0.140. The van der Waals surface area contributed by atoms with Gasteiger partial charge in [0.1, 0.15) is 12.1 Å². The van der Waals surface area contributed by atoms with Gasteiger partial charge < -0.3 is 20.0 Å². The molecule has 3 atom stereocenters. The van der Waals surface area contributed by atoms with E-state index in [1.54, 1.807) is 30.5 Å². The van der Waals surface area contributed by atoms with Crippen LogP contribution in [0.25, 0.3) is 0 Å². The van der Waals surface area contributed by atoms with Crippen molar-refractivity contribution in [2.24, 2.45) is 11.8 Å². The molecule has 11 heteroatoms. The van der Waals surface area contributed by atoms with Gasteiger partial charge in [0.25, 0.3) is 11.8 Å². The van der Waals surface area contributed by atoms with Gasteiger partial charge in [0.05, 0.1) is 17.2 Å². The van der Waals surface area contributed by atoms with Gasteiger partial charge in [-0.25, -0.2) is 0 Å². The number of hydrogen-bond donors (Lipinski definition) is 2. The first-order valence-corrected chi connectivity index (χ1v) is 15.1. The molecule has 2 N–H and O–H groups in total. The van der Waals surface area contributed by atoms with E-state index < -0.39 is 35.2 Å². The molecule has 44 heavy (non-hydrogen) atoms. The predicted octanol–water partition coefficient (Wildman–Crippen LogP) is 3.87. The number of amides is 3. The van der Waals surface area contributed by atoms with Crippen LogP contribution in [0.2, 0.25) is 0 Å². The Bertz CT molecular complexity index is 1480.